The minimum absolute atomic E-state index is 0.267. The maximum absolute atomic E-state index is 12.9. The summed E-state index contributed by atoms with van der Waals surface area (Å²) in [5, 5.41) is 6.23. The molecule has 0 saturated heterocycles. The summed E-state index contributed by atoms with van der Waals surface area (Å²) in [6.45, 7) is 2.03. The normalized spacial score (nSPS) is 11.3. The molecule has 5 nitrogen and oxygen atoms in total. The van der Waals surface area contributed by atoms with Crippen LogP contribution in [0.4, 0.5) is 16.0 Å². The molecule has 0 aliphatic heterocycles. The maximum atomic E-state index is 12.9. The largest absolute Gasteiger partial charge is 0.325 e. The van der Waals surface area contributed by atoms with Crippen molar-refractivity contribution in [2.45, 2.75) is 6.92 Å². The lowest BCUT2D eigenvalue weighted by Crippen LogP contribution is -1.93. The highest BCUT2D eigenvalue weighted by Gasteiger charge is 2.09. The number of aromatic nitrogens is 4. The fraction of sp³-hybridized carbons (Fsp3) is 0.0667. The van der Waals surface area contributed by atoms with E-state index in [1.165, 1.54) is 12.1 Å². The molecule has 0 aliphatic carbocycles. The van der Waals surface area contributed by atoms with Gasteiger partial charge in [0.15, 0.2) is 0 Å². The second-order valence-electron chi connectivity index (χ2n) is 4.94. The van der Waals surface area contributed by atoms with Crippen LogP contribution in [-0.2, 0) is 0 Å². The second-order valence-corrected chi connectivity index (χ2v) is 4.94. The first-order chi connectivity index (χ1) is 10.2. The quantitative estimate of drug-likeness (QED) is 0.592. The molecule has 21 heavy (non-hydrogen) atoms. The van der Waals surface area contributed by atoms with Crippen molar-refractivity contribution in [1.29, 1.82) is 0 Å². The highest BCUT2D eigenvalue weighted by Crippen LogP contribution is 2.19. The minimum atomic E-state index is -0.267. The molecule has 0 unspecified atom stereocenters. The van der Waals surface area contributed by atoms with Gasteiger partial charge in [0.2, 0.25) is 5.95 Å². The number of halogens is 1. The van der Waals surface area contributed by atoms with E-state index in [0.29, 0.717) is 11.7 Å². The number of aryl methyl sites for hydroxylation is 1. The fourth-order valence-electron chi connectivity index (χ4n) is 2.32. The second kappa shape index (κ2) is 4.31. The number of imidazole rings is 1. The number of hydrogen-bond acceptors (Lipinski definition) is 3. The molecule has 4 rings (SSSR count). The van der Waals surface area contributed by atoms with Gasteiger partial charge < -0.3 is 5.32 Å². The molecule has 0 fully saturated rings. The van der Waals surface area contributed by atoms with Crippen LogP contribution in [0.5, 0.6) is 0 Å². The van der Waals surface area contributed by atoms with Gasteiger partial charge in [-0.15, -0.1) is 0 Å². The first kappa shape index (κ1) is 11.9. The number of aromatic amines is 1. The zero-order valence-corrected chi connectivity index (χ0v) is 11.3. The molecule has 6 heteroatoms. The topological polar surface area (TPSA) is 58.0 Å². The van der Waals surface area contributed by atoms with E-state index in [4.69, 9.17) is 0 Å². The van der Waals surface area contributed by atoms with Crippen LogP contribution in [0.2, 0.25) is 0 Å². The molecule has 2 heterocycles. The van der Waals surface area contributed by atoms with Crippen LogP contribution in [0.25, 0.3) is 16.8 Å². The summed E-state index contributed by atoms with van der Waals surface area (Å²) in [7, 11) is 0. The van der Waals surface area contributed by atoms with Crippen LogP contribution in [-0.4, -0.2) is 19.6 Å². The number of H-pyrrole nitrogens is 1. The van der Waals surface area contributed by atoms with Gasteiger partial charge in [-0.25, -0.2) is 13.9 Å². The summed E-state index contributed by atoms with van der Waals surface area (Å²) in [5.41, 5.74) is 3.79. The van der Waals surface area contributed by atoms with Crippen LogP contribution in [0, 0.1) is 12.7 Å². The Bertz CT molecular complexity index is 936. The molecule has 0 saturated carbocycles. The molecular weight excluding hydrogens is 269 g/mol. The Morgan fingerprint density at radius 2 is 1.90 bits per heavy atom. The first-order valence-electron chi connectivity index (χ1n) is 6.56. The number of fused-ring (bicyclic) bond motifs is 3. The van der Waals surface area contributed by atoms with Gasteiger partial charge in [0.1, 0.15) is 5.82 Å². The summed E-state index contributed by atoms with van der Waals surface area (Å²) in [4.78, 5) is 8.86. The van der Waals surface area contributed by atoms with E-state index in [0.717, 1.165) is 22.3 Å². The summed E-state index contributed by atoms with van der Waals surface area (Å²) < 4.78 is 14.7. The third-order valence-corrected chi connectivity index (χ3v) is 3.33. The number of hydrogen-bond donors (Lipinski definition) is 2. The fourth-order valence-corrected chi connectivity index (χ4v) is 2.32. The zero-order valence-electron chi connectivity index (χ0n) is 11.3. The molecule has 0 radical (unpaired) electrons. The maximum Gasteiger partial charge on any atom is 0.253 e. The summed E-state index contributed by atoms with van der Waals surface area (Å²) in [6, 6.07) is 12.2. The van der Waals surface area contributed by atoms with Gasteiger partial charge in [-0.2, -0.15) is 4.98 Å². The van der Waals surface area contributed by atoms with Crippen molar-refractivity contribution >= 4 is 28.4 Å². The number of anilines is 2. The Hall–Kier alpha value is -2.89. The van der Waals surface area contributed by atoms with Crippen molar-refractivity contribution in [3.8, 4) is 0 Å². The van der Waals surface area contributed by atoms with Gasteiger partial charge in [0, 0.05) is 5.69 Å². The van der Waals surface area contributed by atoms with Gasteiger partial charge in [-0.1, -0.05) is 6.07 Å². The molecule has 2 aromatic heterocycles. The van der Waals surface area contributed by atoms with Crippen LogP contribution in [0.1, 0.15) is 5.56 Å². The van der Waals surface area contributed by atoms with E-state index >= 15 is 0 Å². The Balaban J connectivity index is 1.75. The van der Waals surface area contributed by atoms with E-state index in [1.807, 2.05) is 29.6 Å². The summed E-state index contributed by atoms with van der Waals surface area (Å²) >= 11 is 0. The standard InChI is InChI=1S/C15H12FN5/c1-9-2-7-13-12(8-9)18-15-19-14(20-21(13)15)17-11-5-3-10(16)4-6-11/h2-8H,1H3,(H2,17,18,19,20). The van der Waals surface area contributed by atoms with Gasteiger partial charge in [-0.05, 0) is 48.9 Å². The van der Waals surface area contributed by atoms with Gasteiger partial charge in [0.05, 0.1) is 11.0 Å². The van der Waals surface area contributed by atoms with Crippen molar-refractivity contribution in [2.24, 2.45) is 0 Å². The van der Waals surface area contributed by atoms with Crippen LogP contribution in [0.3, 0.4) is 0 Å². The van der Waals surface area contributed by atoms with Crippen molar-refractivity contribution in [2.75, 3.05) is 5.32 Å². The SMILES string of the molecule is Cc1ccc2c(c1)nc1nc(Nc3ccc(F)cc3)[nH]n12. The number of nitrogens with zero attached hydrogens (tertiary/aromatic N) is 3. The van der Waals surface area contributed by atoms with Crippen LogP contribution in [0.15, 0.2) is 42.5 Å². The number of benzene rings is 2. The van der Waals surface area contributed by atoms with Gasteiger partial charge in [0.25, 0.3) is 5.78 Å². The molecule has 4 aromatic rings. The van der Waals surface area contributed by atoms with E-state index in [1.54, 1.807) is 12.1 Å². The molecule has 2 N–H and O–H groups in total. The highest BCUT2D eigenvalue weighted by molar-refractivity contribution is 5.80. The molecule has 0 bridgehead atoms. The monoisotopic (exact) mass is 281 g/mol. The summed E-state index contributed by atoms with van der Waals surface area (Å²) in [5.74, 6) is 0.892. The van der Waals surface area contributed by atoms with E-state index in [9.17, 15) is 4.39 Å². The van der Waals surface area contributed by atoms with E-state index in [2.05, 4.69) is 20.4 Å². The first-order valence-corrected chi connectivity index (χ1v) is 6.56. The average molecular weight is 281 g/mol. The Labute approximate surface area is 119 Å². The van der Waals surface area contributed by atoms with E-state index in [-0.39, 0.29) is 5.82 Å². The molecule has 0 aliphatic rings. The summed E-state index contributed by atoms with van der Waals surface area (Å²) in [6.07, 6.45) is 0. The Kier molecular flexibility index (Phi) is 2.44. The number of nitrogens with one attached hydrogen (secondary N) is 2. The lowest BCUT2D eigenvalue weighted by atomic mass is 10.2. The third kappa shape index (κ3) is 2.01. The lowest BCUT2D eigenvalue weighted by molar-refractivity contribution is 0.628. The highest BCUT2D eigenvalue weighted by atomic mass is 19.1. The van der Waals surface area contributed by atoms with Crippen molar-refractivity contribution < 1.29 is 4.39 Å². The van der Waals surface area contributed by atoms with Crippen molar-refractivity contribution in [1.82, 2.24) is 19.6 Å². The molecular formula is C15H12FN5. The zero-order chi connectivity index (χ0) is 14.4. The van der Waals surface area contributed by atoms with Gasteiger partial charge in [-0.3, -0.25) is 5.10 Å². The molecule has 0 amide bonds. The average Bonchev–Trinajstić information content (AvgIpc) is 2.97. The van der Waals surface area contributed by atoms with Gasteiger partial charge >= 0.3 is 0 Å². The van der Waals surface area contributed by atoms with Crippen molar-refractivity contribution in [3.63, 3.8) is 0 Å². The van der Waals surface area contributed by atoms with Crippen LogP contribution < -0.4 is 5.32 Å². The smallest absolute Gasteiger partial charge is 0.253 e. The molecule has 104 valence electrons. The van der Waals surface area contributed by atoms with Crippen molar-refractivity contribution in [3.05, 3.63) is 53.8 Å². The molecule has 2 aromatic carbocycles. The molecule has 0 spiro atoms. The Morgan fingerprint density at radius 1 is 1.10 bits per heavy atom. The predicted octanol–water partition coefficient (Wildman–Crippen LogP) is 3.40. The third-order valence-electron chi connectivity index (χ3n) is 3.33. The van der Waals surface area contributed by atoms with E-state index < -0.39 is 0 Å². The van der Waals surface area contributed by atoms with Crippen LogP contribution >= 0.6 is 0 Å². The predicted molar refractivity (Wildman–Crippen MR) is 79.3 cm³/mol. The number of rotatable bonds is 2. The molecule has 0 atom stereocenters. The Morgan fingerprint density at radius 3 is 2.71 bits per heavy atom. The lowest BCUT2D eigenvalue weighted by Gasteiger charge is -2.01. The minimum Gasteiger partial charge on any atom is -0.325 e.